The van der Waals surface area contributed by atoms with Crippen LogP contribution in [0.3, 0.4) is 0 Å². The van der Waals surface area contributed by atoms with E-state index in [2.05, 4.69) is 41.5 Å². The molecule has 0 heterocycles. The van der Waals surface area contributed by atoms with E-state index in [0.29, 0.717) is 0 Å². The number of hydrogen-bond donors (Lipinski definition) is 0. The van der Waals surface area contributed by atoms with E-state index in [0.717, 1.165) is 35.5 Å². The lowest BCUT2D eigenvalue weighted by molar-refractivity contribution is 0.292. The van der Waals surface area contributed by atoms with Crippen LogP contribution in [0.1, 0.15) is 54.4 Å². The Labute approximate surface area is 90.5 Å². The normalized spacial score (nSPS) is 35.8. The summed E-state index contributed by atoms with van der Waals surface area (Å²) in [5, 5.41) is 0. The second-order valence-corrected chi connectivity index (χ2v) is 6.10. The Kier molecular flexibility index (Phi) is 4.04. The van der Waals surface area contributed by atoms with Gasteiger partial charge in [0.05, 0.1) is 0 Å². The van der Waals surface area contributed by atoms with Gasteiger partial charge in [-0.05, 0) is 35.5 Å². The van der Waals surface area contributed by atoms with Crippen LogP contribution in [0.25, 0.3) is 0 Å². The predicted molar refractivity (Wildman–Crippen MR) is 64.2 cm³/mol. The van der Waals surface area contributed by atoms with Crippen LogP contribution < -0.4 is 0 Å². The van der Waals surface area contributed by atoms with Gasteiger partial charge in [0, 0.05) is 0 Å². The van der Waals surface area contributed by atoms with E-state index >= 15 is 0 Å². The topological polar surface area (TPSA) is 0 Å². The van der Waals surface area contributed by atoms with Gasteiger partial charge in [-0.15, -0.1) is 0 Å². The van der Waals surface area contributed by atoms with Crippen molar-refractivity contribution in [3.63, 3.8) is 0 Å². The van der Waals surface area contributed by atoms with Crippen LogP contribution in [0.15, 0.2) is 0 Å². The summed E-state index contributed by atoms with van der Waals surface area (Å²) >= 11 is 0. The first-order valence-corrected chi connectivity index (χ1v) is 6.45. The maximum absolute atomic E-state index is 2.47. The molecule has 0 bridgehead atoms. The van der Waals surface area contributed by atoms with Crippen molar-refractivity contribution in [2.45, 2.75) is 54.4 Å². The molecule has 0 aromatic heterocycles. The van der Waals surface area contributed by atoms with Gasteiger partial charge in [-0.2, -0.15) is 0 Å². The van der Waals surface area contributed by atoms with Gasteiger partial charge < -0.3 is 0 Å². The molecule has 0 amide bonds. The second-order valence-electron chi connectivity index (χ2n) is 6.10. The summed E-state index contributed by atoms with van der Waals surface area (Å²) in [4.78, 5) is 0. The van der Waals surface area contributed by atoms with Crippen molar-refractivity contribution in [1.82, 2.24) is 0 Å². The summed E-state index contributed by atoms with van der Waals surface area (Å²) in [6.45, 7) is 14.4. The third kappa shape index (κ3) is 2.74. The lowest BCUT2D eigenvalue weighted by Gasteiger charge is -2.21. The molecule has 0 aromatic carbocycles. The Morgan fingerprint density at radius 3 is 1.71 bits per heavy atom. The van der Waals surface area contributed by atoms with Gasteiger partial charge in [0.15, 0.2) is 0 Å². The van der Waals surface area contributed by atoms with Crippen LogP contribution in [0, 0.1) is 35.5 Å². The molecule has 84 valence electrons. The summed E-state index contributed by atoms with van der Waals surface area (Å²) in [5.74, 6) is 5.75. The van der Waals surface area contributed by atoms with Gasteiger partial charge in [-0.1, -0.05) is 54.4 Å². The van der Waals surface area contributed by atoms with E-state index in [1.807, 2.05) is 0 Å². The Balaban J connectivity index is 2.27. The van der Waals surface area contributed by atoms with Crippen molar-refractivity contribution in [1.29, 1.82) is 0 Å². The molecule has 0 aliphatic heterocycles. The van der Waals surface area contributed by atoms with Crippen molar-refractivity contribution in [3.05, 3.63) is 0 Å². The van der Waals surface area contributed by atoms with Crippen molar-refractivity contribution < 1.29 is 0 Å². The fourth-order valence-corrected chi connectivity index (χ4v) is 2.90. The summed E-state index contributed by atoms with van der Waals surface area (Å²) < 4.78 is 0. The summed E-state index contributed by atoms with van der Waals surface area (Å²) in [6.07, 6.45) is 2.83. The Bertz CT molecular complexity index is 163. The van der Waals surface area contributed by atoms with Crippen molar-refractivity contribution in [3.8, 4) is 0 Å². The van der Waals surface area contributed by atoms with E-state index in [-0.39, 0.29) is 0 Å². The molecule has 1 fully saturated rings. The lowest BCUT2D eigenvalue weighted by Crippen LogP contribution is -2.12. The molecule has 1 aliphatic rings. The van der Waals surface area contributed by atoms with Crippen LogP contribution in [-0.2, 0) is 0 Å². The van der Waals surface area contributed by atoms with Crippen molar-refractivity contribution in [2.75, 3.05) is 0 Å². The van der Waals surface area contributed by atoms with Crippen LogP contribution in [0.2, 0.25) is 0 Å². The third-order valence-corrected chi connectivity index (χ3v) is 4.61. The van der Waals surface area contributed by atoms with Crippen LogP contribution in [-0.4, -0.2) is 0 Å². The van der Waals surface area contributed by atoms with Crippen molar-refractivity contribution in [2.24, 2.45) is 35.5 Å². The molecular weight excluding hydrogens is 168 g/mol. The van der Waals surface area contributed by atoms with E-state index in [1.165, 1.54) is 12.8 Å². The van der Waals surface area contributed by atoms with Gasteiger partial charge in [-0.3, -0.25) is 0 Å². The molecule has 0 radical (unpaired) electrons. The highest BCUT2D eigenvalue weighted by Gasteiger charge is 2.46. The van der Waals surface area contributed by atoms with Gasteiger partial charge in [-0.25, -0.2) is 0 Å². The zero-order valence-electron chi connectivity index (χ0n) is 10.9. The molecule has 0 saturated heterocycles. The summed E-state index contributed by atoms with van der Waals surface area (Å²) in [5.41, 5.74) is 0. The minimum Gasteiger partial charge on any atom is -0.0628 e. The summed E-state index contributed by atoms with van der Waals surface area (Å²) in [6, 6.07) is 0. The molecule has 14 heavy (non-hydrogen) atoms. The molecule has 1 aliphatic carbocycles. The molecule has 1 rings (SSSR count). The van der Waals surface area contributed by atoms with Gasteiger partial charge in [0.1, 0.15) is 0 Å². The Hall–Kier alpha value is 0. The average molecular weight is 196 g/mol. The molecule has 0 spiro atoms. The molecule has 0 heteroatoms. The molecule has 0 N–H and O–H groups in total. The lowest BCUT2D eigenvalue weighted by atomic mass is 9.85. The third-order valence-electron chi connectivity index (χ3n) is 4.61. The highest BCUT2D eigenvalue weighted by Crippen LogP contribution is 2.52. The number of rotatable bonds is 5. The smallest absolute Gasteiger partial charge is 0.0329 e. The van der Waals surface area contributed by atoms with Gasteiger partial charge in [0.2, 0.25) is 0 Å². The number of hydrogen-bond acceptors (Lipinski definition) is 0. The van der Waals surface area contributed by atoms with Gasteiger partial charge in [0.25, 0.3) is 0 Å². The maximum atomic E-state index is 2.47. The largest absolute Gasteiger partial charge is 0.0628 e. The predicted octanol–water partition coefficient (Wildman–Crippen LogP) is 4.60. The van der Waals surface area contributed by atoms with Crippen LogP contribution in [0.5, 0.6) is 0 Å². The maximum Gasteiger partial charge on any atom is -0.0329 e. The van der Waals surface area contributed by atoms with E-state index < -0.39 is 0 Å². The first kappa shape index (κ1) is 12.1. The van der Waals surface area contributed by atoms with Crippen LogP contribution >= 0.6 is 0 Å². The Morgan fingerprint density at radius 1 is 0.857 bits per heavy atom. The monoisotopic (exact) mass is 196 g/mol. The highest BCUT2D eigenvalue weighted by atomic mass is 14.5. The zero-order valence-corrected chi connectivity index (χ0v) is 10.9. The van der Waals surface area contributed by atoms with E-state index in [9.17, 15) is 0 Å². The summed E-state index contributed by atoms with van der Waals surface area (Å²) in [7, 11) is 0. The average Bonchev–Trinajstić information content (AvgIpc) is 2.69. The minimum absolute atomic E-state index is 0.874. The fraction of sp³-hybridized carbons (Fsp3) is 1.00. The highest BCUT2D eigenvalue weighted by molar-refractivity contribution is 4.95. The molecular formula is C14H28. The van der Waals surface area contributed by atoms with Crippen LogP contribution in [0.4, 0.5) is 0 Å². The standard InChI is InChI=1S/C14H28/c1-9(2)7-8-10(3)11(4)14-12(5)13(14)6/h9-14H,7-8H2,1-6H3. The molecule has 1 saturated carbocycles. The van der Waals surface area contributed by atoms with Gasteiger partial charge >= 0.3 is 0 Å². The first-order chi connectivity index (χ1) is 6.45. The fourth-order valence-electron chi connectivity index (χ4n) is 2.90. The quantitative estimate of drug-likeness (QED) is 0.603. The molecule has 0 aromatic rings. The van der Waals surface area contributed by atoms with Crippen molar-refractivity contribution >= 4 is 0 Å². The minimum atomic E-state index is 0.874. The zero-order chi connectivity index (χ0) is 10.9. The molecule has 4 atom stereocenters. The SMILES string of the molecule is CC(C)CCC(C)C(C)C1C(C)C1C. The van der Waals surface area contributed by atoms with E-state index in [4.69, 9.17) is 0 Å². The molecule has 4 unspecified atom stereocenters. The second kappa shape index (κ2) is 4.68. The van der Waals surface area contributed by atoms with E-state index in [1.54, 1.807) is 0 Å². The Morgan fingerprint density at radius 2 is 1.36 bits per heavy atom. The first-order valence-electron chi connectivity index (χ1n) is 6.45. The molecule has 0 nitrogen and oxygen atoms in total.